The summed E-state index contributed by atoms with van der Waals surface area (Å²) in [6.45, 7) is 6.71. The van der Waals surface area contributed by atoms with E-state index in [1.165, 1.54) is 6.20 Å². The molecule has 3 saturated carbocycles. The molecule has 0 radical (unpaired) electrons. The maximum atomic E-state index is 12.8. The van der Waals surface area contributed by atoms with Gasteiger partial charge in [0.2, 0.25) is 11.9 Å². The Morgan fingerprint density at radius 1 is 1.24 bits per heavy atom. The van der Waals surface area contributed by atoms with E-state index in [0.29, 0.717) is 40.0 Å². The molecule has 2 aromatic heterocycles. The molecule has 4 N–H and O–H groups in total. The zero-order valence-electron chi connectivity index (χ0n) is 19.5. The fraction of sp³-hybridized carbons (Fsp3) is 0.522. The molecule has 0 spiro atoms. The molecule has 0 saturated heterocycles. The van der Waals surface area contributed by atoms with Gasteiger partial charge in [0.05, 0.1) is 29.5 Å². The Morgan fingerprint density at radius 3 is 2.76 bits per heavy atom. The summed E-state index contributed by atoms with van der Waals surface area (Å²) in [5, 5.41) is 12.7. The minimum Gasteiger partial charge on any atom is -0.421 e. The fourth-order valence-electron chi connectivity index (χ4n) is 5.87. The van der Waals surface area contributed by atoms with Gasteiger partial charge in [-0.15, -0.1) is 0 Å². The first kappa shape index (κ1) is 22.6. The second-order valence-electron chi connectivity index (χ2n) is 10.0. The monoisotopic (exact) mass is 485 g/mol. The SMILES string of the molecule is CNC(=O)[C@H]1C[C@@H]2C[C@H](C2(C)C)[C@@]1(C)Nc1nc(Nc2cnc3c(c2)OC(=O)CN3)ncc1Cl. The molecule has 6 rings (SSSR count). The lowest BCUT2D eigenvalue weighted by molar-refractivity contribution is -0.155. The number of anilines is 4. The van der Waals surface area contributed by atoms with Crippen LogP contribution in [0.1, 0.15) is 33.6 Å². The predicted molar refractivity (Wildman–Crippen MR) is 128 cm³/mol. The number of ether oxygens (including phenoxy) is 1. The maximum absolute atomic E-state index is 12.8. The summed E-state index contributed by atoms with van der Waals surface area (Å²) in [5.74, 6) is 1.82. The molecule has 180 valence electrons. The van der Waals surface area contributed by atoms with Gasteiger partial charge in [-0.25, -0.2) is 14.8 Å². The van der Waals surface area contributed by atoms with Crippen LogP contribution in [0.5, 0.6) is 5.75 Å². The van der Waals surface area contributed by atoms with E-state index in [0.717, 1.165) is 12.8 Å². The summed E-state index contributed by atoms with van der Waals surface area (Å²) < 4.78 is 5.23. The van der Waals surface area contributed by atoms with Crippen molar-refractivity contribution in [1.29, 1.82) is 0 Å². The Morgan fingerprint density at radius 2 is 2.03 bits per heavy atom. The van der Waals surface area contributed by atoms with Crippen molar-refractivity contribution in [2.24, 2.45) is 23.2 Å². The van der Waals surface area contributed by atoms with E-state index < -0.39 is 5.54 Å². The van der Waals surface area contributed by atoms with Gasteiger partial charge < -0.3 is 26.0 Å². The lowest BCUT2D eigenvalue weighted by atomic mass is 9.40. The Hall–Kier alpha value is -3.14. The van der Waals surface area contributed by atoms with Gasteiger partial charge in [-0.2, -0.15) is 4.98 Å². The van der Waals surface area contributed by atoms with Crippen LogP contribution >= 0.6 is 11.6 Å². The van der Waals surface area contributed by atoms with Gasteiger partial charge in [-0.3, -0.25) is 4.79 Å². The normalized spacial score (nSPS) is 28.5. The molecule has 4 aliphatic rings. The standard InChI is InChI=1S/C23H28ClN7O3/c1-22(2)11-5-13(20(33)25-4)23(3,16(22)6-11)31-18-14(24)9-28-21(30-18)29-12-7-15-19(26-8-12)27-10-17(32)34-15/h7-9,11,13,16H,5-6,10H2,1-4H3,(H,25,33)(H,26,27)(H2,28,29,30,31)/t11-,13-,16-,23+/m1/s1. The summed E-state index contributed by atoms with van der Waals surface area (Å²) in [5.41, 5.74) is 0.146. The van der Waals surface area contributed by atoms with Crippen LogP contribution in [0.3, 0.4) is 0 Å². The molecule has 0 aromatic carbocycles. The van der Waals surface area contributed by atoms with Gasteiger partial charge in [-0.05, 0) is 37.0 Å². The third-order valence-electron chi connectivity index (χ3n) is 7.87. The summed E-state index contributed by atoms with van der Waals surface area (Å²) in [6.07, 6.45) is 4.99. The highest BCUT2D eigenvalue weighted by atomic mass is 35.5. The molecular formula is C23H28ClN7O3. The van der Waals surface area contributed by atoms with Crippen LogP contribution in [0.4, 0.5) is 23.3 Å². The average molecular weight is 486 g/mol. The van der Waals surface area contributed by atoms with E-state index in [1.54, 1.807) is 19.3 Å². The Balaban J connectivity index is 1.42. The van der Waals surface area contributed by atoms with Crippen molar-refractivity contribution < 1.29 is 14.3 Å². The number of fused-ring (bicyclic) bond motifs is 3. The molecule has 3 fully saturated rings. The smallest absolute Gasteiger partial charge is 0.330 e. The summed E-state index contributed by atoms with van der Waals surface area (Å²) in [7, 11) is 1.67. The predicted octanol–water partition coefficient (Wildman–Crippen LogP) is 3.20. The lowest BCUT2D eigenvalue weighted by Crippen LogP contribution is -2.69. The third kappa shape index (κ3) is 3.60. The van der Waals surface area contributed by atoms with E-state index in [-0.39, 0.29) is 35.7 Å². The molecule has 10 nitrogen and oxygen atoms in total. The first-order valence-corrected chi connectivity index (χ1v) is 11.7. The van der Waals surface area contributed by atoms with Gasteiger partial charge >= 0.3 is 5.97 Å². The number of pyridine rings is 1. The number of rotatable bonds is 5. The minimum atomic E-state index is -0.527. The van der Waals surface area contributed by atoms with E-state index in [9.17, 15) is 9.59 Å². The van der Waals surface area contributed by atoms with Gasteiger partial charge in [-0.1, -0.05) is 25.4 Å². The van der Waals surface area contributed by atoms with E-state index in [4.69, 9.17) is 16.3 Å². The topological polar surface area (TPSA) is 130 Å². The van der Waals surface area contributed by atoms with Crippen LogP contribution < -0.4 is 26.0 Å². The molecule has 2 aromatic rings. The van der Waals surface area contributed by atoms with Crippen molar-refractivity contribution in [1.82, 2.24) is 20.3 Å². The van der Waals surface area contributed by atoms with E-state index in [1.807, 2.05) is 0 Å². The van der Waals surface area contributed by atoms with E-state index in [2.05, 4.69) is 57.0 Å². The molecule has 2 bridgehead atoms. The van der Waals surface area contributed by atoms with Crippen molar-refractivity contribution >= 4 is 46.7 Å². The maximum Gasteiger partial charge on any atom is 0.330 e. The highest BCUT2D eigenvalue weighted by molar-refractivity contribution is 6.32. The first-order chi connectivity index (χ1) is 16.1. The molecule has 3 heterocycles. The number of carbonyl (C=O) groups excluding carboxylic acids is 2. The largest absolute Gasteiger partial charge is 0.421 e. The zero-order chi connectivity index (χ0) is 24.3. The number of esters is 1. The van der Waals surface area contributed by atoms with Crippen LogP contribution in [-0.2, 0) is 9.59 Å². The van der Waals surface area contributed by atoms with Crippen LogP contribution in [0.2, 0.25) is 5.02 Å². The van der Waals surface area contributed by atoms with Gasteiger partial charge in [0.25, 0.3) is 0 Å². The number of hydrogen-bond acceptors (Lipinski definition) is 9. The Bertz CT molecular complexity index is 1170. The summed E-state index contributed by atoms with van der Waals surface area (Å²) in [6, 6.07) is 1.65. The molecule has 1 amide bonds. The van der Waals surface area contributed by atoms with Gasteiger partial charge in [0, 0.05) is 13.1 Å². The summed E-state index contributed by atoms with van der Waals surface area (Å²) in [4.78, 5) is 37.5. The van der Waals surface area contributed by atoms with Crippen molar-refractivity contribution in [2.45, 2.75) is 39.2 Å². The molecule has 4 atom stereocenters. The van der Waals surface area contributed by atoms with Crippen molar-refractivity contribution in [3.63, 3.8) is 0 Å². The van der Waals surface area contributed by atoms with Crippen molar-refractivity contribution in [3.05, 3.63) is 23.5 Å². The van der Waals surface area contributed by atoms with Gasteiger partial charge in [0.1, 0.15) is 11.6 Å². The second-order valence-corrected chi connectivity index (χ2v) is 10.4. The molecule has 11 heteroatoms. The molecule has 34 heavy (non-hydrogen) atoms. The van der Waals surface area contributed by atoms with Crippen LogP contribution in [-0.4, -0.2) is 46.0 Å². The highest BCUT2D eigenvalue weighted by Gasteiger charge is 2.64. The zero-order valence-corrected chi connectivity index (χ0v) is 20.3. The van der Waals surface area contributed by atoms with Crippen LogP contribution in [0, 0.1) is 23.2 Å². The number of nitrogens with zero attached hydrogens (tertiary/aromatic N) is 3. The lowest BCUT2D eigenvalue weighted by Gasteiger charge is -2.66. The number of halogens is 1. The van der Waals surface area contributed by atoms with Crippen LogP contribution in [0.25, 0.3) is 0 Å². The second kappa shape index (κ2) is 7.97. The first-order valence-electron chi connectivity index (χ1n) is 11.4. The Kier molecular flexibility index (Phi) is 5.31. The minimum absolute atomic E-state index is 0.0204. The molecule has 3 aliphatic carbocycles. The number of carbonyl (C=O) groups is 2. The highest BCUT2D eigenvalue weighted by Crippen LogP contribution is 2.65. The average Bonchev–Trinajstić information content (AvgIpc) is 2.80. The van der Waals surface area contributed by atoms with Crippen molar-refractivity contribution in [3.8, 4) is 5.75 Å². The third-order valence-corrected chi connectivity index (χ3v) is 8.14. The molecule has 1 aliphatic heterocycles. The number of nitrogens with one attached hydrogen (secondary N) is 4. The fourth-order valence-corrected chi connectivity index (χ4v) is 6.01. The molecular weight excluding hydrogens is 458 g/mol. The summed E-state index contributed by atoms with van der Waals surface area (Å²) >= 11 is 6.49. The van der Waals surface area contributed by atoms with Crippen LogP contribution in [0.15, 0.2) is 18.5 Å². The van der Waals surface area contributed by atoms with E-state index >= 15 is 0 Å². The number of hydrogen-bond donors (Lipinski definition) is 4. The Labute approximate surface area is 202 Å². The van der Waals surface area contributed by atoms with Crippen molar-refractivity contribution in [2.75, 3.05) is 29.5 Å². The van der Waals surface area contributed by atoms with Gasteiger partial charge in [0.15, 0.2) is 17.4 Å². The quantitative estimate of drug-likeness (QED) is 0.471. The number of amides is 1. The number of aromatic nitrogens is 3. The molecule has 0 unspecified atom stereocenters.